The van der Waals surface area contributed by atoms with Crippen LogP contribution in [0.5, 0.6) is 5.75 Å². The first-order chi connectivity index (χ1) is 16.3. The molecule has 2 aliphatic rings. The molecule has 34 heavy (non-hydrogen) atoms. The van der Waals surface area contributed by atoms with Crippen molar-refractivity contribution in [3.05, 3.63) is 66.0 Å². The number of benzene rings is 2. The molecular formula is C24H25FN4O5. The molecule has 2 aromatic rings. The number of likely N-dealkylation sites (tertiary alicyclic amines) is 1. The molecule has 0 saturated carbocycles. The van der Waals surface area contributed by atoms with Gasteiger partial charge in [-0.15, -0.1) is 0 Å². The molecule has 178 valence electrons. The summed E-state index contributed by atoms with van der Waals surface area (Å²) in [7, 11) is 1.59. The molecule has 2 N–H and O–H groups in total. The van der Waals surface area contributed by atoms with Crippen LogP contribution in [-0.4, -0.2) is 71.4 Å². The van der Waals surface area contributed by atoms with Gasteiger partial charge in [-0.3, -0.25) is 9.59 Å². The number of hydrazone groups is 1. The fourth-order valence-corrected chi connectivity index (χ4v) is 4.49. The summed E-state index contributed by atoms with van der Waals surface area (Å²) < 4.78 is 19.3. The highest BCUT2D eigenvalue weighted by Crippen LogP contribution is 2.38. The number of rotatable bonds is 7. The van der Waals surface area contributed by atoms with E-state index in [0.717, 1.165) is 5.56 Å². The van der Waals surface area contributed by atoms with Gasteiger partial charge >= 0.3 is 6.09 Å². The lowest BCUT2D eigenvalue weighted by Crippen LogP contribution is -2.59. The third-order valence-corrected chi connectivity index (χ3v) is 6.10. The van der Waals surface area contributed by atoms with Crippen LogP contribution in [0.2, 0.25) is 0 Å². The number of nitrogens with zero attached hydrogens (tertiary/aromatic N) is 3. The summed E-state index contributed by atoms with van der Waals surface area (Å²) >= 11 is 0. The van der Waals surface area contributed by atoms with Crippen LogP contribution in [0, 0.1) is 11.2 Å². The largest absolute Gasteiger partial charge is 0.488 e. The Morgan fingerprint density at radius 1 is 1.21 bits per heavy atom. The number of nitrogens with one attached hydrogen (secondary N) is 1. The van der Waals surface area contributed by atoms with Gasteiger partial charge in [-0.1, -0.05) is 42.5 Å². The van der Waals surface area contributed by atoms with E-state index in [9.17, 15) is 23.9 Å². The minimum Gasteiger partial charge on any atom is -0.488 e. The van der Waals surface area contributed by atoms with Crippen molar-refractivity contribution in [2.24, 2.45) is 10.5 Å². The summed E-state index contributed by atoms with van der Waals surface area (Å²) in [4.78, 5) is 39.4. The molecule has 2 heterocycles. The lowest BCUT2D eigenvalue weighted by atomic mass is 9.73. The Hall–Kier alpha value is -3.95. The van der Waals surface area contributed by atoms with Crippen LogP contribution in [0.1, 0.15) is 12.0 Å². The predicted octanol–water partition coefficient (Wildman–Crippen LogP) is 2.13. The predicted molar refractivity (Wildman–Crippen MR) is 121 cm³/mol. The maximum absolute atomic E-state index is 13.9. The topological polar surface area (TPSA) is 112 Å². The third-order valence-electron chi connectivity index (χ3n) is 6.10. The molecule has 0 spiro atoms. The zero-order valence-electron chi connectivity index (χ0n) is 18.6. The van der Waals surface area contributed by atoms with Gasteiger partial charge in [-0.05, 0) is 24.1 Å². The number of carbonyl (C=O) groups excluding carboxylic acids is 2. The zero-order chi connectivity index (χ0) is 24.3. The van der Waals surface area contributed by atoms with Crippen LogP contribution in [0.25, 0.3) is 0 Å². The van der Waals surface area contributed by atoms with Gasteiger partial charge in [0.05, 0.1) is 5.71 Å². The summed E-state index contributed by atoms with van der Waals surface area (Å²) in [5, 5.41) is 17.2. The average Bonchev–Trinajstić information content (AvgIpc) is 3.06. The van der Waals surface area contributed by atoms with E-state index >= 15 is 0 Å². The summed E-state index contributed by atoms with van der Waals surface area (Å²) in [5.41, 5.74) is 0.610. The molecule has 3 amide bonds. The van der Waals surface area contributed by atoms with E-state index in [0.29, 0.717) is 18.6 Å². The van der Waals surface area contributed by atoms with Crippen LogP contribution < -0.4 is 10.1 Å². The molecular weight excluding hydrogens is 443 g/mol. The lowest BCUT2D eigenvalue weighted by Gasteiger charge is -2.40. The molecule has 0 aliphatic carbocycles. The van der Waals surface area contributed by atoms with Crippen molar-refractivity contribution in [1.82, 2.24) is 15.2 Å². The summed E-state index contributed by atoms with van der Waals surface area (Å²) in [6.07, 6.45) is -0.671. The number of para-hydroxylation sites is 1. The SMILES string of the molecule is CN1N=C2CCN(C(=O)C(COc3ccccc3F)NC(=O)O)CC2(Cc2ccccc2)C1=O. The Balaban J connectivity index is 1.56. The Bertz CT molecular complexity index is 1130. The molecule has 1 saturated heterocycles. The number of hydrogen-bond acceptors (Lipinski definition) is 5. The number of hydrogen-bond donors (Lipinski definition) is 2. The minimum atomic E-state index is -1.41. The van der Waals surface area contributed by atoms with Gasteiger partial charge in [0, 0.05) is 26.6 Å². The van der Waals surface area contributed by atoms with Gasteiger partial charge in [-0.2, -0.15) is 5.10 Å². The number of halogens is 1. The minimum absolute atomic E-state index is 0.0558. The highest BCUT2D eigenvalue weighted by Gasteiger charge is 2.53. The molecule has 4 rings (SSSR count). The van der Waals surface area contributed by atoms with E-state index in [1.165, 1.54) is 28.1 Å². The number of amides is 3. The Morgan fingerprint density at radius 3 is 2.62 bits per heavy atom. The smallest absolute Gasteiger partial charge is 0.405 e. The van der Waals surface area contributed by atoms with Gasteiger partial charge in [0.1, 0.15) is 18.1 Å². The van der Waals surface area contributed by atoms with E-state index in [2.05, 4.69) is 10.4 Å². The van der Waals surface area contributed by atoms with E-state index < -0.39 is 35.9 Å². The Morgan fingerprint density at radius 2 is 1.91 bits per heavy atom. The highest BCUT2D eigenvalue weighted by molar-refractivity contribution is 6.13. The molecule has 0 bridgehead atoms. The Labute approximate surface area is 195 Å². The molecule has 2 atom stereocenters. The van der Waals surface area contributed by atoms with Gasteiger partial charge < -0.3 is 20.1 Å². The van der Waals surface area contributed by atoms with Crippen molar-refractivity contribution in [2.45, 2.75) is 18.9 Å². The molecule has 0 radical (unpaired) electrons. The first kappa shape index (κ1) is 23.2. The van der Waals surface area contributed by atoms with Crippen LogP contribution in [-0.2, 0) is 16.0 Å². The summed E-state index contributed by atoms with van der Waals surface area (Å²) in [5.74, 6) is -1.47. The van der Waals surface area contributed by atoms with E-state index in [4.69, 9.17) is 4.74 Å². The monoisotopic (exact) mass is 468 g/mol. The van der Waals surface area contributed by atoms with E-state index in [1.54, 1.807) is 13.1 Å². The summed E-state index contributed by atoms with van der Waals surface area (Å²) in [6.45, 7) is -0.0733. The number of fused-ring (bicyclic) bond motifs is 1. The quantitative estimate of drug-likeness (QED) is 0.647. The maximum Gasteiger partial charge on any atom is 0.405 e. The van der Waals surface area contributed by atoms with Gasteiger partial charge in [-0.25, -0.2) is 14.2 Å². The van der Waals surface area contributed by atoms with E-state index in [-0.39, 0.29) is 24.7 Å². The summed E-state index contributed by atoms with van der Waals surface area (Å²) in [6, 6.07) is 13.9. The van der Waals surface area contributed by atoms with Gasteiger partial charge in [0.15, 0.2) is 11.6 Å². The van der Waals surface area contributed by atoms with Crippen molar-refractivity contribution in [3.63, 3.8) is 0 Å². The molecule has 2 unspecified atom stereocenters. The van der Waals surface area contributed by atoms with Gasteiger partial charge in [0.2, 0.25) is 5.91 Å². The number of ether oxygens (including phenoxy) is 1. The van der Waals surface area contributed by atoms with Crippen molar-refractivity contribution in [3.8, 4) is 5.75 Å². The molecule has 2 aliphatic heterocycles. The molecule has 2 aromatic carbocycles. The first-order valence-corrected chi connectivity index (χ1v) is 10.9. The molecule has 9 nitrogen and oxygen atoms in total. The lowest BCUT2D eigenvalue weighted by molar-refractivity contribution is -0.141. The van der Waals surface area contributed by atoms with Crippen LogP contribution in [0.4, 0.5) is 9.18 Å². The maximum atomic E-state index is 13.9. The number of carboxylic acid groups (broad SMARTS) is 1. The van der Waals surface area contributed by atoms with Gasteiger partial charge in [0.25, 0.3) is 5.91 Å². The molecule has 0 aromatic heterocycles. The fraction of sp³-hybridized carbons (Fsp3) is 0.333. The highest BCUT2D eigenvalue weighted by atomic mass is 19.1. The van der Waals surface area contributed by atoms with Crippen LogP contribution in [0.15, 0.2) is 59.7 Å². The second-order valence-electron chi connectivity index (χ2n) is 8.37. The second-order valence-corrected chi connectivity index (χ2v) is 8.37. The number of piperidine rings is 1. The average molecular weight is 468 g/mol. The van der Waals surface area contributed by atoms with Crippen molar-refractivity contribution in [1.29, 1.82) is 0 Å². The zero-order valence-corrected chi connectivity index (χ0v) is 18.6. The van der Waals surface area contributed by atoms with Crippen molar-refractivity contribution < 1.29 is 28.6 Å². The normalized spacial score (nSPS) is 20.4. The standard InChI is InChI=1S/C24H25FN4O5/c1-28-22(31)24(13-16-7-3-2-4-8-16)15-29(12-11-20(24)27-28)21(30)18(26-23(32)33)14-34-19-10-6-5-9-17(19)25/h2-10,18,26H,11-15H2,1H3,(H,32,33). The number of carbonyl (C=O) groups is 3. The second kappa shape index (κ2) is 9.50. The Kier molecular flexibility index (Phi) is 6.49. The van der Waals surface area contributed by atoms with Crippen LogP contribution >= 0.6 is 0 Å². The van der Waals surface area contributed by atoms with Crippen molar-refractivity contribution >= 4 is 23.6 Å². The van der Waals surface area contributed by atoms with Crippen LogP contribution in [0.3, 0.4) is 0 Å². The fourth-order valence-electron chi connectivity index (χ4n) is 4.49. The first-order valence-electron chi connectivity index (χ1n) is 10.9. The van der Waals surface area contributed by atoms with E-state index in [1.807, 2.05) is 30.3 Å². The third kappa shape index (κ3) is 4.57. The molecule has 10 heteroatoms. The van der Waals surface area contributed by atoms with Crippen molar-refractivity contribution in [2.75, 3.05) is 26.7 Å². The molecule has 1 fully saturated rings.